The lowest BCUT2D eigenvalue weighted by molar-refractivity contribution is 0.656. The molecule has 0 unspecified atom stereocenters. The largest absolute Gasteiger partial charge is 0.438 e. The van der Waals surface area contributed by atoms with Crippen molar-refractivity contribution >= 4 is 33.0 Å². The lowest BCUT2D eigenvalue weighted by Gasteiger charge is -2.04. The van der Waals surface area contributed by atoms with Crippen LogP contribution in [0.1, 0.15) is 0 Å². The number of pyridine rings is 3. The molecule has 4 nitrogen and oxygen atoms in total. The highest BCUT2D eigenvalue weighted by atomic mass is 16.3. The van der Waals surface area contributed by atoms with Gasteiger partial charge in [-0.3, -0.25) is 9.97 Å². The molecule has 0 N–H and O–H groups in total. The third-order valence-corrected chi connectivity index (χ3v) is 5.19. The van der Waals surface area contributed by atoms with Crippen LogP contribution in [0, 0.1) is 0 Å². The van der Waals surface area contributed by atoms with E-state index in [1.807, 2.05) is 54.7 Å². The summed E-state index contributed by atoms with van der Waals surface area (Å²) in [4.78, 5) is 13.6. The molecule has 29 heavy (non-hydrogen) atoms. The van der Waals surface area contributed by atoms with Crippen LogP contribution in [-0.4, -0.2) is 15.0 Å². The molecule has 6 rings (SSSR count). The van der Waals surface area contributed by atoms with Gasteiger partial charge in [0.2, 0.25) is 5.71 Å². The van der Waals surface area contributed by atoms with Gasteiger partial charge in [-0.15, -0.1) is 0 Å². The van der Waals surface area contributed by atoms with Gasteiger partial charge in [0.1, 0.15) is 5.58 Å². The minimum absolute atomic E-state index is 0.666. The lowest BCUT2D eigenvalue weighted by atomic mass is 10.0. The van der Waals surface area contributed by atoms with E-state index in [9.17, 15) is 0 Å². The SMILES string of the molecule is c1ccc(-c2ccc(-c3ccc4oc5nc6ccccc6cc5c4c3)cn2)nc1. The summed E-state index contributed by atoms with van der Waals surface area (Å²) >= 11 is 0. The predicted molar refractivity (Wildman–Crippen MR) is 115 cm³/mol. The first-order valence-electron chi connectivity index (χ1n) is 9.45. The average molecular weight is 373 g/mol. The third-order valence-electron chi connectivity index (χ3n) is 5.19. The summed E-state index contributed by atoms with van der Waals surface area (Å²) in [6.07, 6.45) is 3.67. The second-order valence-corrected chi connectivity index (χ2v) is 6.99. The number of hydrogen-bond donors (Lipinski definition) is 0. The van der Waals surface area contributed by atoms with Crippen LogP contribution in [0.2, 0.25) is 0 Å². The zero-order chi connectivity index (χ0) is 19.2. The highest BCUT2D eigenvalue weighted by Gasteiger charge is 2.11. The number of nitrogens with zero attached hydrogens (tertiary/aromatic N) is 3. The zero-order valence-electron chi connectivity index (χ0n) is 15.4. The fourth-order valence-electron chi connectivity index (χ4n) is 3.71. The second-order valence-electron chi connectivity index (χ2n) is 6.99. The van der Waals surface area contributed by atoms with E-state index in [4.69, 9.17) is 4.42 Å². The van der Waals surface area contributed by atoms with Crippen molar-refractivity contribution in [3.05, 3.63) is 91.3 Å². The Bertz CT molecular complexity index is 1490. The quantitative estimate of drug-likeness (QED) is 0.359. The summed E-state index contributed by atoms with van der Waals surface area (Å²) in [5, 5.41) is 3.19. The van der Waals surface area contributed by atoms with Crippen LogP contribution < -0.4 is 0 Å². The summed E-state index contributed by atoms with van der Waals surface area (Å²) in [5.74, 6) is 0. The molecule has 0 atom stereocenters. The molecule has 0 saturated carbocycles. The molecule has 0 aliphatic rings. The molecular formula is C25H15N3O. The smallest absolute Gasteiger partial charge is 0.227 e. The van der Waals surface area contributed by atoms with E-state index in [1.165, 1.54) is 0 Å². The maximum absolute atomic E-state index is 5.99. The molecule has 0 saturated heterocycles. The number of benzene rings is 2. The molecule has 4 heterocycles. The van der Waals surface area contributed by atoms with Gasteiger partial charge in [0.15, 0.2) is 0 Å². The average Bonchev–Trinajstić information content (AvgIpc) is 3.15. The molecule has 0 spiro atoms. The first-order chi connectivity index (χ1) is 14.3. The van der Waals surface area contributed by atoms with E-state index in [-0.39, 0.29) is 0 Å². The van der Waals surface area contributed by atoms with Crippen molar-refractivity contribution in [2.75, 3.05) is 0 Å². The molecule has 6 aromatic rings. The first kappa shape index (κ1) is 16.0. The van der Waals surface area contributed by atoms with Crippen LogP contribution in [0.15, 0.2) is 95.7 Å². The fraction of sp³-hybridized carbons (Fsp3) is 0. The molecule has 4 heteroatoms. The van der Waals surface area contributed by atoms with E-state index in [2.05, 4.69) is 45.3 Å². The van der Waals surface area contributed by atoms with Gasteiger partial charge >= 0.3 is 0 Å². The van der Waals surface area contributed by atoms with Gasteiger partial charge < -0.3 is 4.42 Å². The number of para-hydroxylation sites is 1. The van der Waals surface area contributed by atoms with Crippen molar-refractivity contribution < 1.29 is 4.42 Å². The molecule has 2 aromatic carbocycles. The molecule has 0 amide bonds. The number of rotatable bonds is 2. The molecule has 0 aliphatic heterocycles. The molecule has 0 radical (unpaired) electrons. The predicted octanol–water partition coefficient (Wildman–Crippen LogP) is 6.26. The van der Waals surface area contributed by atoms with Gasteiger partial charge in [-0.05, 0) is 48.0 Å². The van der Waals surface area contributed by atoms with E-state index in [0.29, 0.717) is 5.71 Å². The van der Waals surface area contributed by atoms with Gasteiger partial charge in [0, 0.05) is 34.1 Å². The number of fused-ring (bicyclic) bond motifs is 4. The van der Waals surface area contributed by atoms with Gasteiger partial charge in [-0.25, -0.2) is 4.98 Å². The summed E-state index contributed by atoms with van der Waals surface area (Å²) in [6, 6.07) is 26.4. The standard InChI is InChI=1S/C25H15N3O/c1-2-6-21-17(5-1)14-20-19-13-16(9-11-24(19)29-25(20)28-21)18-8-10-23(27-15-18)22-7-3-4-12-26-22/h1-15H. The van der Waals surface area contributed by atoms with Crippen LogP contribution in [0.3, 0.4) is 0 Å². The molecule has 0 aliphatic carbocycles. The van der Waals surface area contributed by atoms with Crippen molar-refractivity contribution in [2.45, 2.75) is 0 Å². The monoisotopic (exact) mass is 373 g/mol. The summed E-state index contributed by atoms with van der Waals surface area (Å²) in [5.41, 5.74) is 6.31. The summed E-state index contributed by atoms with van der Waals surface area (Å²) in [7, 11) is 0. The molecule has 4 aromatic heterocycles. The molecule has 0 bridgehead atoms. The van der Waals surface area contributed by atoms with Gasteiger partial charge in [0.25, 0.3) is 0 Å². The van der Waals surface area contributed by atoms with E-state index in [1.54, 1.807) is 6.20 Å². The Morgan fingerprint density at radius 3 is 2.38 bits per heavy atom. The van der Waals surface area contributed by atoms with Crippen molar-refractivity contribution in [2.24, 2.45) is 0 Å². The van der Waals surface area contributed by atoms with Gasteiger partial charge in [0.05, 0.1) is 16.9 Å². The van der Waals surface area contributed by atoms with Crippen molar-refractivity contribution in [1.29, 1.82) is 0 Å². The topological polar surface area (TPSA) is 51.8 Å². The van der Waals surface area contributed by atoms with E-state index in [0.717, 1.165) is 49.8 Å². The van der Waals surface area contributed by atoms with Crippen molar-refractivity contribution in [3.63, 3.8) is 0 Å². The minimum Gasteiger partial charge on any atom is -0.438 e. The van der Waals surface area contributed by atoms with Gasteiger partial charge in [-0.1, -0.05) is 36.4 Å². The Balaban J connectivity index is 1.48. The number of furan rings is 1. The number of hydrogen-bond acceptors (Lipinski definition) is 4. The highest BCUT2D eigenvalue weighted by molar-refractivity contribution is 6.08. The molecule has 0 fully saturated rings. The lowest BCUT2D eigenvalue weighted by Crippen LogP contribution is -1.87. The molecule has 136 valence electrons. The van der Waals surface area contributed by atoms with Crippen molar-refractivity contribution in [3.8, 4) is 22.5 Å². The van der Waals surface area contributed by atoms with Crippen LogP contribution >= 0.6 is 0 Å². The fourth-order valence-corrected chi connectivity index (χ4v) is 3.71. The molecular weight excluding hydrogens is 358 g/mol. The number of aromatic nitrogens is 3. The maximum atomic E-state index is 5.99. The van der Waals surface area contributed by atoms with Crippen molar-refractivity contribution in [1.82, 2.24) is 15.0 Å². The van der Waals surface area contributed by atoms with Crippen LogP contribution in [0.5, 0.6) is 0 Å². The Morgan fingerprint density at radius 2 is 1.52 bits per heavy atom. The summed E-state index contributed by atoms with van der Waals surface area (Å²) in [6.45, 7) is 0. The van der Waals surface area contributed by atoms with E-state index < -0.39 is 0 Å². The first-order valence-corrected chi connectivity index (χ1v) is 9.45. The second kappa shape index (κ2) is 6.24. The van der Waals surface area contributed by atoms with E-state index >= 15 is 0 Å². The highest BCUT2D eigenvalue weighted by Crippen LogP contribution is 2.33. The third kappa shape index (κ3) is 2.65. The van der Waals surface area contributed by atoms with Crippen LogP contribution in [0.25, 0.3) is 55.5 Å². The zero-order valence-corrected chi connectivity index (χ0v) is 15.4. The van der Waals surface area contributed by atoms with Gasteiger partial charge in [-0.2, -0.15) is 0 Å². The Hall–Kier alpha value is -4.05. The Morgan fingerprint density at radius 1 is 0.655 bits per heavy atom. The van der Waals surface area contributed by atoms with Crippen LogP contribution in [-0.2, 0) is 0 Å². The normalized spacial score (nSPS) is 11.4. The minimum atomic E-state index is 0.666. The summed E-state index contributed by atoms with van der Waals surface area (Å²) < 4.78 is 5.99. The Labute approximate surface area is 166 Å². The maximum Gasteiger partial charge on any atom is 0.227 e. The Kier molecular flexibility index (Phi) is 3.43. The van der Waals surface area contributed by atoms with Crippen LogP contribution in [0.4, 0.5) is 0 Å².